The Kier molecular flexibility index (Phi) is 8.56. The molecule has 0 radical (unpaired) electrons. The maximum absolute atomic E-state index is 12.6. The van der Waals surface area contributed by atoms with Gasteiger partial charge in [-0.05, 0) is 48.4 Å². The summed E-state index contributed by atoms with van der Waals surface area (Å²) in [7, 11) is -3.50. The van der Waals surface area contributed by atoms with Gasteiger partial charge in [0.25, 0.3) is 0 Å². The van der Waals surface area contributed by atoms with Crippen molar-refractivity contribution in [1.29, 1.82) is 0 Å². The van der Waals surface area contributed by atoms with Crippen molar-refractivity contribution >= 4 is 27.5 Å². The number of nitrogens with zero attached hydrogens (tertiary/aromatic N) is 2. The number of hydrogen-bond donors (Lipinski definition) is 2. The van der Waals surface area contributed by atoms with Gasteiger partial charge in [-0.3, -0.25) is 9.59 Å². The zero-order valence-corrected chi connectivity index (χ0v) is 20.4. The molecule has 0 spiro atoms. The van der Waals surface area contributed by atoms with Crippen molar-refractivity contribution in [3.8, 4) is 11.6 Å². The van der Waals surface area contributed by atoms with E-state index in [-0.39, 0.29) is 17.2 Å². The lowest BCUT2D eigenvalue weighted by Crippen LogP contribution is -2.30. The van der Waals surface area contributed by atoms with Crippen molar-refractivity contribution in [3.63, 3.8) is 0 Å². The molecule has 0 aliphatic heterocycles. The van der Waals surface area contributed by atoms with Crippen LogP contribution in [-0.2, 0) is 21.2 Å². The highest BCUT2D eigenvalue weighted by molar-refractivity contribution is 7.89. The second-order valence-corrected chi connectivity index (χ2v) is 9.60. The van der Waals surface area contributed by atoms with Gasteiger partial charge in [-0.2, -0.15) is 4.31 Å². The van der Waals surface area contributed by atoms with Gasteiger partial charge in [0.05, 0.1) is 16.8 Å². The molecule has 1 heterocycles. The number of benzene rings is 2. The summed E-state index contributed by atoms with van der Waals surface area (Å²) in [6.45, 7) is 4.42. The highest BCUT2D eigenvalue weighted by Crippen LogP contribution is 2.22. The van der Waals surface area contributed by atoms with Gasteiger partial charge in [-0.15, -0.1) is 0 Å². The van der Waals surface area contributed by atoms with Gasteiger partial charge in [0.2, 0.25) is 27.7 Å². The van der Waals surface area contributed by atoms with E-state index in [1.165, 1.54) is 16.6 Å². The molecule has 0 saturated carbocycles. The number of aromatic nitrogens is 1. The number of amides is 2. The van der Waals surface area contributed by atoms with Crippen LogP contribution in [0.5, 0.6) is 11.6 Å². The quantitative estimate of drug-likeness (QED) is 0.417. The zero-order valence-electron chi connectivity index (χ0n) is 19.6. The number of hydrogen-bond acceptors (Lipinski definition) is 6. The summed E-state index contributed by atoms with van der Waals surface area (Å²) < 4.78 is 32.2. The normalized spacial score (nSPS) is 11.3. The Labute approximate surface area is 205 Å². The lowest BCUT2D eigenvalue weighted by Gasteiger charge is -2.18. The van der Waals surface area contributed by atoms with Crippen LogP contribution in [0.4, 0.5) is 5.69 Å². The first-order chi connectivity index (χ1) is 16.7. The number of ether oxygens (including phenoxy) is 1. The molecular weight excluding hydrogens is 468 g/mol. The summed E-state index contributed by atoms with van der Waals surface area (Å²) in [6, 6.07) is 16.3. The van der Waals surface area contributed by atoms with Gasteiger partial charge < -0.3 is 15.8 Å². The third-order valence-electron chi connectivity index (χ3n) is 5.27. The minimum absolute atomic E-state index is 0.200. The van der Waals surface area contributed by atoms with Crippen molar-refractivity contribution in [2.75, 3.05) is 18.4 Å². The standard InChI is InChI=1S/C25H28N4O5S/c1-3-29(4-2)35(32,33)22-12-8-18(9-13-22)10-14-23(30)28-20-11-15-24(27-17-20)34-21-7-5-6-19(16-21)25(26)31/h5-9,11-13,15-17H,3-4,10,14H2,1-2H3,(H2,26,31)(H,28,30). The average Bonchev–Trinajstić information content (AvgIpc) is 2.85. The van der Waals surface area contributed by atoms with Crippen LogP contribution in [0.3, 0.4) is 0 Å². The maximum Gasteiger partial charge on any atom is 0.248 e. The number of rotatable bonds is 11. The molecule has 3 aromatic rings. The van der Waals surface area contributed by atoms with Gasteiger partial charge in [0.1, 0.15) is 5.75 Å². The van der Waals surface area contributed by atoms with E-state index in [1.54, 1.807) is 68.4 Å². The van der Waals surface area contributed by atoms with Crippen LogP contribution in [0.15, 0.2) is 71.8 Å². The minimum atomic E-state index is -3.50. The van der Waals surface area contributed by atoms with Crippen molar-refractivity contribution in [2.24, 2.45) is 5.73 Å². The summed E-state index contributed by atoms with van der Waals surface area (Å²) in [5.41, 5.74) is 6.97. The summed E-state index contributed by atoms with van der Waals surface area (Å²) in [6.07, 6.45) is 2.15. The molecule has 35 heavy (non-hydrogen) atoms. The summed E-state index contributed by atoms with van der Waals surface area (Å²) >= 11 is 0. The Morgan fingerprint density at radius 3 is 2.34 bits per heavy atom. The fraction of sp³-hybridized carbons (Fsp3) is 0.240. The molecule has 10 heteroatoms. The lowest BCUT2D eigenvalue weighted by molar-refractivity contribution is -0.116. The van der Waals surface area contributed by atoms with Crippen molar-refractivity contribution in [3.05, 3.63) is 78.0 Å². The summed E-state index contributed by atoms with van der Waals surface area (Å²) in [5.74, 6) is -0.0394. The van der Waals surface area contributed by atoms with Crippen LogP contribution < -0.4 is 15.8 Å². The number of carbonyl (C=O) groups excluding carboxylic acids is 2. The maximum atomic E-state index is 12.6. The van der Waals surface area contributed by atoms with Crippen molar-refractivity contribution < 1.29 is 22.7 Å². The number of aryl methyl sites for hydroxylation is 1. The molecular formula is C25H28N4O5S. The average molecular weight is 497 g/mol. The van der Waals surface area contributed by atoms with Crippen LogP contribution in [0.25, 0.3) is 0 Å². The number of sulfonamides is 1. The van der Waals surface area contributed by atoms with Crippen LogP contribution in [-0.4, -0.2) is 42.6 Å². The predicted octanol–water partition coefficient (Wildman–Crippen LogP) is 3.57. The molecule has 0 aliphatic carbocycles. The van der Waals surface area contributed by atoms with Gasteiger partial charge in [0.15, 0.2) is 0 Å². The molecule has 184 valence electrons. The van der Waals surface area contributed by atoms with Gasteiger partial charge in [-0.1, -0.05) is 32.0 Å². The van der Waals surface area contributed by atoms with E-state index in [0.717, 1.165) is 5.56 Å². The van der Waals surface area contributed by atoms with E-state index < -0.39 is 15.9 Å². The first kappa shape index (κ1) is 25.9. The number of primary amides is 1. The molecule has 0 aliphatic rings. The predicted molar refractivity (Wildman–Crippen MR) is 133 cm³/mol. The van der Waals surface area contributed by atoms with Crippen LogP contribution >= 0.6 is 0 Å². The van der Waals surface area contributed by atoms with Gasteiger partial charge in [0, 0.05) is 31.1 Å². The molecule has 2 amide bonds. The van der Waals surface area contributed by atoms with E-state index in [4.69, 9.17) is 10.5 Å². The Hall–Kier alpha value is -3.76. The molecule has 0 bridgehead atoms. The van der Waals surface area contributed by atoms with E-state index in [0.29, 0.717) is 42.4 Å². The lowest BCUT2D eigenvalue weighted by atomic mass is 10.1. The number of anilines is 1. The molecule has 3 N–H and O–H groups in total. The van der Waals surface area contributed by atoms with E-state index in [1.807, 2.05) is 0 Å². The molecule has 0 unspecified atom stereocenters. The second kappa shape index (κ2) is 11.6. The smallest absolute Gasteiger partial charge is 0.248 e. The molecule has 9 nitrogen and oxygen atoms in total. The highest BCUT2D eigenvalue weighted by Gasteiger charge is 2.21. The Morgan fingerprint density at radius 1 is 1.03 bits per heavy atom. The van der Waals surface area contributed by atoms with E-state index >= 15 is 0 Å². The van der Waals surface area contributed by atoms with E-state index in [2.05, 4.69) is 10.3 Å². The molecule has 0 fully saturated rings. The topological polar surface area (TPSA) is 132 Å². The molecule has 3 rings (SSSR count). The summed E-state index contributed by atoms with van der Waals surface area (Å²) in [4.78, 5) is 28.0. The number of nitrogens with one attached hydrogen (secondary N) is 1. The fourth-order valence-corrected chi connectivity index (χ4v) is 4.83. The minimum Gasteiger partial charge on any atom is -0.439 e. The first-order valence-electron chi connectivity index (χ1n) is 11.2. The Bertz CT molecular complexity index is 1270. The zero-order chi connectivity index (χ0) is 25.4. The Balaban J connectivity index is 1.53. The van der Waals surface area contributed by atoms with Crippen LogP contribution in [0, 0.1) is 0 Å². The fourth-order valence-electron chi connectivity index (χ4n) is 3.37. The number of pyridine rings is 1. The van der Waals surface area contributed by atoms with Gasteiger partial charge >= 0.3 is 0 Å². The molecule has 0 atom stereocenters. The molecule has 1 aromatic heterocycles. The van der Waals surface area contributed by atoms with Crippen molar-refractivity contribution in [1.82, 2.24) is 9.29 Å². The number of carbonyl (C=O) groups is 2. The Morgan fingerprint density at radius 2 is 1.74 bits per heavy atom. The highest BCUT2D eigenvalue weighted by atomic mass is 32.2. The third-order valence-corrected chi connectivity index (χ3v) is 7.33. The van der Waals surface area contributed by atoms with Gasteiger partial charge in [-0.25, -0.2) is 13.4 Å². The summed E-state index contributed by atoms with van der Waals surface area (Å²) in [5, 5.41) is 2.77. The molecule has 2 aromatic carbocycles. The first-order valence-corrected chi connectivity index (χ1v) is 12.6. The third kappa shape index (κ3) is 6.87. The van der Waals surface area contributed by atoms with Crippen LogP contribution in [0.1, 0.15) is 36.2 Å². The monoisotopic (exact) mass is 496 g/mol. The van der Waals surface area contributed by atoms with Crippen molar-refractivity contribution in [2.45, 2.75) is 31.6 Å². The second-order valence-electron chi connectivity index (χ2n) is 7.66. The SMILES string of the molecule is CCN(CC)S(=O)(=O)c1ccc(CCC(=O)Nc2ccc(Oc3cccc(C(N)=O)c3)nc2)cc1. The largest absolute Gasteiger partial charge is 0.439 e. The van der Waals surface area contributed by atoms with E-state index in [9.17, 15) is 18.0 Å². The molecule has 0 saturated heterocycles. The number of nitrogens with two attached hydrogens (primary N) is 1. The van der Waals surface area contributed by atoms with Crippen LogP contribution in [0.2, 0.25) is 0 Å².